The predicted molar refractivity (Wildman–Crippen MR) is 49.9 cm³/mol. The van der Waals surface area contributed by atoms with Crippen LogP contribution in [0.3, 0.4) is 0 Å². The number of rotatable bonds is 2. The largest absolute Gasteiger partial charge is 0.383 e. The van der Waals surface area contributed by atoms with Gasteiger partial charge in [0.2, 0.25) is 0 Å². The number of methoxy groups -OCH3 is 1. The van der Waals surface area contributed by atoms with Crippen molar-refractivity contribution in [1.82, 2.24) is 4.57 Å². The van der Waals surface area contributed by atoms with Crippen LogP contribution in [0.25, 0.3) is 0 Å². The minimum absolute atomic E-state index is 0.0945. The topological polar surface area (TPSA) is 31.2 Å². The zero-order valence-corrected chi connectivity index (χ0v) is 7.69. The van der Waals surface area contributed by atoms with Crippen LogP contribution in [0.1, 0.15) is 18.2 Å². The predicted octanol–water partition coefficient (Wildman–Crippen LogP) is 0.982. The molecule has 2 rings (SSSR count). The van der Waals surface area contributed by atoms with Crippen molar-refractivity contribution in [3.05, 3.63) is 34.2 Å². The summed E-state index contributed by atoms with van der Waals surface area (Å²) < 4.78 is 6.93. The second-order valence-corrected chi connectivity index (χ2v) is 3.37. The van der Waals surface area contributed by atoms with Gasteiger partial charge in [0.15, 0.2) is 0 Å². The van der Waals surface area contributed by atoms with E-state index in [2.05, 4.69) is 0 Å². The molecule has 1 aliphatic rings. The van der Waals surface area contributed by atoms with Crippen LogP contribution in [0.4, 0.5) is 0 Å². The number of hydrogen-bond acceptors (Lipinski definition) is 2. The summed E-state index contributed by atoms with van der Waals surface area (Å²) in [7, 11) is 1.67. The van der Waals surface area contributed by atoms with E-state index < -0.39 is 0 Å². The Morgan fingerprint density at radius 3 is 3.23 bits per heavy atom. The van der Waals surface area contributed by atoms with Crippen LogP contribution in [-0.4, -0.2) is 18.3 Å². The fourth-order valence-corrected chi connectivity index (χ4v) is 1.96. The summed E-state index contributed by atoms with van der Waals surface area (Å²) in [5.74, 6) is 0. The van der Waals surface area contributed by atoms with Gasteiger partial charge in [-0.3, -0.25) is 4.79 Å². The minimum Gasteiger partial charge on any atom is -0.383 e. The van der Waals surface area contributed by atoms with Crippen LogP contribution in [0.5, 0.6) is 0 Å². The summed E-state index contributed by atoms with van der Waals surface area (Å²) in [5.41, 5.74) is 1.23. The van der Waals surface area contributed by atoms with Crippen molar-refractivity contribution in [3.8, 4) is 0 Å². The van der Waals surface area contributed by atoms with Crippen LogP contribution in [-0.2, 0) is 11.2 Å². The van der Waals surface area contributed by atoms with E-state index in [0.29, 0.717) is 6.61 Å². The fraction of sp³-hybridized carbons (Fsp3) is 0.500. The lowest BCUT2D eigenvalue weighted by molar-refractivity contribution is 0.157. The highest BCUT2D eigenvalue weighted by atomic mass is 16.5. The first-order valence-electron chi connectivity index (χ1n) is 4.52. The molecule has 2 heterocycles. The van der Waals surface area contributed by atoms with Gasteiger partial charge in [-0.25, -0.2) is 0 Å². The Morgan fingerprint density at radius 2 is 2.46 bits per heavy atom. The Morgan fingerprint density at radius 1 is 1.62 bits per heavy atom. The van der Waals surface area contributed by atoms with Crippen molar-refractivity contribution < 1.29 is 4.74 Å². The SMILES string of the molecule is COCC1CCc2cccc(=O)n21. The Hall–Kier alpha value is -1.09. The Balaban J connectivity index is 2.40. The normalized spacial score (nSPS) is 20.2. The quantitative estimate of drug-likeness (QED) is 0.677. The monoisotopic (exact) mass is 179 g/mol. The van der Waals surface area contributed by atoms with Gasteiger partial charge in [0.1, 0.15) is 0 Å². The van der Waals surface area contributed by atoms with E-state index in [-0.39, 0.29) is 11.6 Å². The number of nitrogens with zero attached hydrogens (tertiary/aromatic N) is 1. The molecule has 0 radical (unpaired) electrons. The molecule has 1 aromatic heterocycles. The van der Waals surface area contributed by atoms with Gasteiger partial charge < -0.3 is 9.30 Å². The van der Waals surface area contributed by atoms with Gasteiger partial charge in [0.05, 0.1) is 12.6 Å². The van der Waals surface area contributed by atoms with Gasteiger partial charge >= 0.3 is 0 Å². The smallest absolute Gasteiger partial charge is 0.251 e. The molecule has 0 aromatic carbocycles. The van der Waals surface area contributed by atoms with Crippen molar-refractivity contribution >= 4 is 0 Å². The molecule has 0 saturated carbocycles. The first kappa shape index (κ1) is 8.51. The number of pyridine rings is 1. The number of aryl methyl sites for hydroxylation is 1. The Kier molecular flexibility index (Phi) is 2.19. The number of ether oxygens (including phenoxy) is 1. The summed E-state index contributed by atoms with van der Waals surface area (Å²) in [6.45, 7) is 0.636. The molecule has 1 atom stereocenters. The first-order valence-corrected chi connectivity index (χ1v) is 4.52. The van der Waals surface area contributed by atoms with Crippen molar-refractivity contribution in [2.24, 2.45) is 0 Å². The van der Waals surface area contributed by atoms with E-state index >= 15 is 0 Å². The lowest BCUT2D eigenvalue weighted by atomic mass is 10.2. The van der Waals surface area contributed by atoms with Gasteiger partial charge in [0.25, 0.3) is 5.56 Å². The number of fused-ring (bicyclic) bond motifs is 1. The molecule has 13 heavy (non-hydrogen) atoms. The molecular weight excluding hydrogens is 166 g/mol. The highest BCUT2D eigenvalue weighted by Crippen LogP contribution is 2.22. The molecule has 0 fully saturated rings. The fourth-order valence-electron chi connectivity index (χ4n) is 1.96. The van der Waals surface area contributed by atoms with Crippen molar-refractivity contribution in [1.29, 1.82) is 0 Å². The van der Waals surface area contributed by atoms with Gasteiger partial charge in [0, 0.05) is 18.9 Å². The molecule has 0 N–H and O–H groups in total. The van der Waals surface area contributed by atoms with Gasteiger partial charge in [-0.1, -0.05) is 6.07 Å². The summed E-state index contributed by atoms with van der Waals surface area (Å²) in [6, 6.07) is 5.69. The molecule has 0 saturated heterocycles. The summed E-state index contributed by atoms with van der Waals surface area (Å²) in [4.78, 5) is 11.5. The zero-order chi connectivity index (χ0) is 9.26. The van der Waals surface area contributed by atoms with Crippen LogP contribution in [0.2, 0.25) is 0 Å². The average molecular weight is 179 g/mol. The van der Waals surface area contributed by atoms with Crippen molar-refractivity contribution in [2.75, 3.05) is 13.7 Å². The third-order valence-electron chi connectivity index (χ3n) is 2.53. The standard InChI is InChI=1S/C10H13NO2/c1-13-7-9-6-5-8-3-2-4-10(12)11(8)9/h2-4,9H,5-7H2,1H3. The van der Waals surface area contributed by atoms with Crippen LogP contribution < -0.4 is 5.56 Å². The van der Waals surface area contributed by atoms with Crippen LogP contribution in [0, 0.1) is 0 Å². The summed E-state index contributed by atoms with van der Waals surface area (Å²) in [5, 5.41) is 0. The number of hydrogen-bond donors (Lipinski definition) is 0. The first-order chi connectivity index (χ1) is 6.33. The third-order valence-corrected chi connectivity index (χ3v) is 2.53. The highest BCUT2D eigenvalue weighted by Gasteiger charge is 2.21. The Bertz CT molecular complexity index is 354. The molecule has 0 amide bonds. The Labute approximate surface area is 77.0 Å². The molecule has 0 aliphatic carbocycles. The lowest BCUT2D eigenvalue weighted by Gasteiger charge is -2.12. The molecule has 0 bridgehead atoms. The summed E-state index contributed by atoms with van der Waals surface area (Å²) >= 11 is 0. The third kappa shape index (κ3) is 1.40. The lowest BCUT2D eigenvalue weighted by Crippen LogP contribution is -2.24. The zero-order valence-electron chi connectivity index (χ0n) is 7.69. The molecule has 3 heteroatoms. The summed E-state index contributed by atoms with van der Waals surface area (Å²) in [6.07, 6.45) is 2.01. The maximum absolute atomic E-state index is 11.5. The van der Waals surface area contributed by atoms with Gasteiger partial charge in [-0.15, -0.1) is 0 Å². The maximum atomic E-state index is 11.5. The van der Waals surface area contributed by atoms with E-state index in [1.165, 1.54) is 0 Å². The van der Waals surface area contributed by atoms with Crippen LogP contribution in [0.15, 0.2) is 23.0 Å². The van der Waals surface area contributed by atoms with E-state index in [9.17, 15) is 4.79 Å². The molecule has 70 valence electrons. The van der Waals surface area contributed by atoms with Gasteiger partial charge in [-0.05, 0) is 18.9 Å². The van der Waals surface area contributed by atoms with E-state index in [0.717, 1.165) is 18.5 Å². The van der Waals surface area contributed by atoms with Crippen molar-refractivity contribution in [2.45, 2.75) is 18.9 Å². The average Bonchev–Trinajstić information content (AvgIpc) is 2.51. The molecule has 3 nitrogen and oxygen atoms in total. The molecule has 1 aliphatic heterocycles. The van der Waals surface area contributed by atoms with E-state index in [1.54, 1.807) is 13.2 Å². The van der Waals surface area contributed by atoms with Gasteiger partial charge in [-0.2, -0.15) is 0 Å². The number of aromatic nitrogens is 1. The molecule has 1 unspecified atom stereocenters. The van der Waals surface area contributed by atoms with E-state index in [4.69, 9.17) is 4.74 Å². The molecule has 1 aromatic rings. The van der Waals surface area contributed by atoms with Crippen LogP contribution >= 0.6 is 0 Å². The van der Waals surface area contributed by atoms with E-state index in [1.807, 2.05) is 16.7 Å². The second-order valence-electron chi connectivity index (χ2n) is 3.37. The molecular formula is C10H13NO2. The minimum atomic E-state index is 0.0945. The van der Waals surface area contributed by atoms with Crippen molar-refractivity contribution in [3.63, 3.8) is 0 Å². The maximum Gasteiger partial charge on any atom is 0.251 e. The molecule has 0 spiro atoms. The highest BCUT2D eigenvalue weighted by molar-refractivity contribution is 5.12. The second kappa shape index (κ2) is 3.34.